The molecule has 0 saturated carbocycles. The van der Waals surface area contributed by atoms with Gasteiger partial charge in [0.05, 0.1) is 5.37 Å². The van der Waals surface area contributed by atoms with E-state index in [4.69, 9.17) is 0 Å². The molecular weight excluding hydrogens is 154 g/mol. The quantitative estimate of drug-likeness (QED) is 0.641. The third-order valence-electron chi connectivity index (χ3n) is 2.11. The highest BCUT2D eigenvalue weighted by molar-refractivity contribution is 8.00. The van der Waals surface area contributed by atoms with Gasteiger partial charge in [0.1, 0.15) is 0 Å². The summed E-state index contributed by atoms with van der Waals surface area (Å²) in [6, 6.07) is 0. The fraction of sp³-hybridized carbons (Fsp3) is 1.00. The topological polar surface area (TPSA) is 12.0 Å². The van der Waals surface area contributed by atoms with E-state index in [0.29, 0.717) is 0 Å². The lowest BCUT2D eigenvalue weighted by atomic mass is 10.1. The van der Waals surface area contributed by atoms with Crippen molar-refractivity contribution in [2.75, 3.05) is 12.3 Å². The Balaban J connectivity index is 1.86. The molecule has 0 aliphatic carbocycles. The highest BCUT2D eigenvalue weighted by atomic mass is 32.2. The number of hydrogen-bond donors (Lipinski definition) is 1. The zero-order chi connectivity index (χ0) is 7.94. The molecule has 66 valence electrons. The van der Waals surface area contributed by atoms with Crippen molar-refractivity contribution in [1.29, 1.82) is 0 Å². The van der Waals surface area contributed by atoms with Crippen LogP contribution < -0.4 is 5.32 Å². The summed E-state index contributed by atoms with van der Waals surface area (Å²) in [4.78, 5) is 0. The van der Waals surface area contributed by atoms with Gasteiger partial charge in [-0.3, -0.25) is 0 Å². The van der Waals surface area contributed by atoms with Crippen LogP contribution in [0.5, 0.6) is 0 Å². The summed E-state index contributed by atoms with van der Waals surface area (Å²) < 4.78 is 0. The molecule has 0 amide bonds. The molecule has 1 unspecified atom stereocenters. The second-order valence-corrected chi connectivity index (χ2v) is 4.47. The van der Waals surface area contributed by atoms with Gasteiger partial charge in [-0.1, -0.05) is 32.6 Å². The first-order chi connectivity index (χ1) is 5.43. The summed E-state index contributed by atoms with van der Waals surface area (Å²) in [5.74, 6) is 1.32. The molecule has 1 aliphatic rings. The molecule has 0 bridgehead atoms. The van der Waals surface area contributed by atoms with E-state index >= 15 is 0 Å². The summed E-state index contributed by atoms with van der Waals surface area (Å²) >= 11 is 2.09. The van der Waals surface area contributed by atoms with E-state index in [9.17, 15) is 0 Å². The fourth-order valence-corrected chi connectivity index (χ4v) is 2.51. The van der Waals surface area contributed by atoms with Crippen molar-refractivity contribution < 1.29 is 0 Å². The van der Waals surface area contributed by atoms with Gasteiger partial charge < -0.3 is 5.32 Å². The molecule has 1 rings (SSSR count). The molecule has 0 spiro atoms. The third-order valence-corrected chi connectivity index (χ3v) is 3.36. The molecule has 0 aromatic carbocycles. The average molecular weight is 173 g/mol. The van der Waals surface area contributed by atoms with Gasteiger partial charge in [0, 0.05) is 12.3 Å². The summed E-state index contributed by atoms with van der Waals surface area (Å²) in [5, 5.41) is 4.28. The second-order valence-electron chi connectivity index (χ2n) is 3.16. The maximum absolute atomic E-state index is 3.50. The van der Waals surface area contributed by atoms with Gasteiger partial charge in [-0.05, 0) is 6.42 Å². The summed E-state index contributed by atoms with van der Waals surface area (Å²) in [6.45, 7) is 3.49. The molecular formula is C9H19NS. The summed E-state index contributed by atoms with van der Waals surface area (Å²) in [5.41, 5.74) is 0. The Labute approximate surface area is 74.3 Å². The molecule has 0 aromatic heterocycles. The first-order valence-corrected chi connectivity index (χ1v) is 5.83. The van der Waals surface area contributed by atoms with E-state index in [0.717, 1.165) is 5.37 Å². The highest BCUT2D eigenvalue weighted by Crippen LogP contribution is 2.19. The smallest absolute Gasteiger partial charge is 0.0532 e. The van der Waals surface area contributed by atoms with Crippen molar-refractivity contribution in [2.45, 2.75) is 44.4 Å². The normalized spacial score (nSPS) is 24.3. The van der Waals surface area contributed by atoms with E-state index in [-0.39, 0.29) is 0 Å². The van der Waals surface area contributed by atoms with Gasteiger partial charge in [-0.15, -0.1) is 11.8 Å². The molecule has 0 aromatic rings. The van der Waals surface area contributed by atoms with Gasteiger partial charge in [-0.2, -0.15) is 0 Å². The minimum absolute atomic E-state index is 0.784. The summed E-state index contributed by atoms with van der Waals surface area (Å²) in [7, 11) is 0. The van der Waals surface area contributed by atoms with Crippen LogP contribution >= 0.6 is 11.8 Å². The molecule has 1 fully saturated rings. The largest absolute Gasteiger partial charge is 0.305 e. The monoisotopic (exact) mass is 173 g/mol. The molecule has 0 radical (unpaired) electrons. The first kappa shape index (κ1) is 9.40. The zero-order valence-electron chi connectivity index (χ0n) is 7.44. The second kappa shape index (κ2) is 5.90. The van der Waals surface area contributed by atoms with Crippen molar-refractivity contribution in [3.8, 4) is 0 Å². The SMILES string of the molecule is CCCCCCC1NCCS1. The van der Waals surface area contributed by atoms with Crippen LogP contribution in [-0.2, 0) is 0 Å². The van der Waals surface area contributed by atoms with E-state index in [1.54, 1.807) is 0 Å². The highest BCUT2D eigenvalue weighted by Gasteiger charge is 2.12. The van der Waals surface area contributed by atoms with E-state index in [1.807, 2.05) is 0 Å². The molecule has 1 heterocycles. The zero-order valence-corrected chi connectivity index (χ0v) is 8.25. The van der Waals surface area contributed by atoms with Crippen LogP contribution in [0.15, 0.2) is 0 Å². The van der Waals surface area contributed by atoms with Gasteiger partial charge in [0.2, 0.25) is 0 Å². The maximum atomic E-state index is 3.50. The van der Waals surface area contributed by atoms with Crippen LogP contribution in [0, 0.1) is 0 Å². The van der Waals surface area contributed by atoms with Crippen molar-refractivity contribution in [1.82, 2.24) is 5.32 Å². The predicted octanol–water partition coefficient (Wildman–Crippen LogP) is 2.62. The Morgan fingerprint density at radius 2 is 2.27 bits per heavy atom. The molecule has 1 aliphatic heterocycles. The Kier molecular flexibility index (Phi) is 5.04. The van der Waals surface area contributed by atoms with Crippen molar-refractivity contribution in [3.05, 3.63) is 0 Å². The molecule has 1 atom stereocenters. The summed E-state index contributed by atoms with van der Waals surface area (Å²) in [6.07, 6.45) is 6.99. The number of rotatable bonds is 5. The van der Waals surface area contributed by atoms with Crippen molar-refractivity contribution in [2.24, 2.45) is 0 Å². The lowest BCUT2D eigenvalue weighted by Gasteiger charge is -2.07. The minimum atomic E-state index is 0.784. The van der Waals surface area contributed by atoms with Crippen molar-refractivity contribution >= 4 is 11.8 Å². The Morgan fingerprint density at radius 1 is 1.36 bits per heavy atom. The van der Waals surface area contributed by atoms with E-state index < -0.39 is 0 Å². The first-order valence-electron chi connectivity index (χ1n) is 4.78. The van der Waals surface area contributed by atoms with Crippen molar-refractivity contribution in [3.63, 3.8) is 0 Å². The molecule has 1 saturated heterocycles. The lowest BCUT2D eigenvalue weighted by molar-refractivity contribution is 0.582. The molecule has 1 nitrogen and oxygen atoms in total. The average Bonchev–Trinajstić information content (AvgIpc) is 2.50. The maximum Gasteiger partial charge on any atom is 0.0532 e. The lowest BCUT2D eigenvalue weighted by Crippen LogP contribution is -2.18. The van der Waals surface area contributed by atoms with E-state index in [1.165, 1.54) is 44.4 Å². The number of unbranched alkanes of at least 4 members (excludes halogenated alkanes) is 3. The van der Waals surface area contributed by atoms with E-state index in [2.05, 4.69) is 24.0 Å². The number of thioether (sulfide) groups is 1. The minimum Gasteiger partial charge on any atom is -0.305 e. The van der Waals surface area contributed by atoms with Gasteiger partial charge >= 0.3 is 0 Å². The van der Waals surface area contributed by atoms with Crippen LogP contribution in [0.3, 0.4) is 0 Å². The predicted molar refractivity (Wildman–Crippen MR) is 53.0 cm³/mol. The Bertz CT molecular complexity index is 89.6. The standard InChI is InChI=1S/C9H19NS/c1-2-3-4-5-6-9-10-7-8-11-9/h9-10H,2-8H2,1H3. The van der Waals surface area contributed by atoms with Crippen LogP contribution in [-0.4, -0.2) is 17.7 Å². The fourth-order valence-electron chi connectivity index (χ4n) is 1.42. The Morgan fingerprint density at radius 3 is 2.91 bits per heavy atom. The molecule has 11 heavy (non-hydrogen) atoms. The third kappa shape index (κ3) is 4.02. The van der Waals surface area contributed by atoms with Gasteiger partial charge in [0.25, 0.3) is 0 Å². The van der Waals surface area contributed by atoms with Gasteiger partial charge in [0.15, 0.2) is 0 Å². The van der Waals surface area contributed by atoms with Crippen LogP contribution in [0.25, 0.3) is 0 Å². The molecule has 1 N–H and O–H groups in total. The Hall–Kier alpha value is 0.310. The van der Waals surface area contributed by atoms with Crippen LogP contribution in [0.4, 0.5) is 0 Å². The van der Waals surface area contributed by atoms with Crippen LogP contribution in [0.1, 0.15) is 39.0 Å². The molecule has 2 heteroatoms. The number of hydrogen-bond acceptors (Lipinski definition) is 2. The number of nitrogens with one attached hydrogen (secondary N) is 1. The van der Waals surface area contributed by atoms with Gasteiger partial charge in [-0.25, -0.2) is 0 Å². The van der Waals surface area contributed by atoms with Crippen LogP contribution in [0.2, 0.25) is 0 Å².